The monoisotopic (exact) mass is 353 g/mol. The lowest BCUT2D eigenvalue weighted by atomic mass is 10.00. The van der Waals surface area contributed by atoms with Crippen LogP contribution in [0.3, 0.4) is 0 Å². The summed E-state index contributed by atoms with van der Waals surface area (Å²) in [7, 11) is -4.22. The van der Waals surface area contributed by atoms with Crippen LogP contribution in [0.25, 0.3) is 11.1 Å². The molecule has 0 radical (unpaired) electrons. The quantitative estimate of drug-likeness (QED) is 0.661. The van der Waals surface area contributed by atoms with Gasteiger partial charge in [-0.1, -0.05) is 17.7 Å². The molecule has 0 unspecified atom stereocenters. The molecule has 2 aromatic rings. The van der Waals surface area contributed by atoms with Gasteiger partial charge in [-0.3, -0.25) is 10.1 Å². The van der Waals surface area contributed by atoms with Gasteiger partial charge in [-0.05, 0) is 29.3 Å². The van der Waals surface area contributed by atoms with Crippen LogP contribution >= 0.6 is 11.6 Å². The Labute approximate surface area is 136 Å². The summed E-state index contributed by atoms with van der Waals surface area (Å²) in [5.74, 6) is -0.168. The minimum Gasteiger partial charge on any atom is -0.369 e. The molecule has 0 aliphatic carbocycles. The van der Waals surface area contributed by atoms with E-state index in [0.29, 0.717) is 11.1 Å². The molecule has 0 aliphatic rings. The van der Waals surface area contributed by atoms with Crippen molar-refractivity contribution in [3.05, 3.63) is 57.1 Å². The van der Waals surface area contributed by atoms with Crippen molar-refractivity contribution in [2.45, 2.75) is 0 Å². The highest BCUT2D eigenvalue weighted by Gasteiger charge is 2.15. The zero-order valence-corrected chi connectivity index (χ0v) is 12.8. The summed E-state index contributed by atoms with van der Waals surface area (Å²) in [6.07, 6.45) is 0. The molecule has 0 bridgehead atoms. The number of non-ortho nitro benzene ring substituents is 1. The largest absolute Gasteiger partial charge is 0.380 e. The number of benzene rings is 2. The van der Waals surface area contributed by atoms with Crippen molar-refractivity contribution in [2.24, 2.45) is 5.14 Å². The molecule has 2 N–H and O–H groups in total. The Morgan fingerprint density at radius 2 is 1.96 bits per heavy atom. The Morgan fingerprint density at radius 3 is 2.48 bits per heavy atom. The van der Waals surface area contributed by atoms with E-state index in [1.54, 1.807) is 0 Å². The van der Waals surface area contributed by atoms with Crippen molar-refractivity contribution in [1.29, 1.82) is 5.26 Å². The third-order valence-electron chi connectivity index (χ3n) is 2.78. The average molecular weight is 354 g/mol. The van der Waals surface area contributed by atoms with Gasteiger partial charge in [0.25, 0.3) is 5.69 Å². The second-order valence-corrected chi connectivity index (χ2v) is 5.88. The zero-order chi connectivity index (χ0) is 17.2. The van der Waals surface area contributed by atoms with Gasteiger partial charge in [0, 0.05) is 12.1 Å². The van der Waals surface area contributed by atoms with Gasteiger partial charge in [-0.15, -0.1) is 0 Å². The zero-order valence-electron chi connectivity index (χ0n) is 11.3. The second kappa shape index (κ2) is 6.21. The van der Waals surface area contributed by atoms with Crippen LogP contribution < -0.4 is 9.32 Å². The maximum absolute atomic E-state index is 10.9. The number of nitro benzene ring substituents is 1. The topological polar surface area (TPSA) is 136 Å². The lowest BCUT2D eigenvalue weighted by Gasteiger charge is -2.08. The van der Waals surface area contributed by atoms with Crippen LogP contribution in [0.15, 0.2) is 36.4 Å². The van der Waals surface area contributed by atoms with Gasteiger partial charge in [0.2, 0.25) is 0 Å². The van der Waals surface area contributed by atoms with E-state index in [1.807, 2.05) is 6.07 Å². The maximum Gasteiger partial charge on any atom is 0.380 e. The molecule has 2 rings (SSSR count). The summed E-state index contributed by atoms with van der Waals surface area (Å²) >= 11 is 5.93. The molecule has 118 valence electrons. The molecule has 0 aromatic heterocycles. The fourth-order valence-electron chi connectivity index (χ4n) is 1.85. The van der Waals surface area contributed by atoms with E-state index in [1.165, 1.54) is 30.3 Å². The number of nitrogens with zero attached hydrogens (tertiary/aromatic N) is 2. The maximum atomic E-state index is 10.9. The van der Waals surface area contributed by atoms with Crippen LogP contribution in [-0.4, -0.2) is 13.3 Å². The van der Waals surface area contributed by atoms with E-state index in [9.17, 15) is 18.5 Å². The van der Waals surface area contributed by atoms with Gasteiger partial charge in [0.15, 0.2) is 5.75 Å². The highest BCUT2D eigenvalue weighted by molar-refractivity contribution is 7.84. The Balaban J connectivity index is 2.50. The summed E-state index contributed by atoms with van der Waals surface area (Å²) in [5.41, 5.74) is 0.728. The van der Waals surface area contributed by atoms with E-state index < -0.39 is 15.2 Å². The van der Waals surface area contributed by atoms with Crippen LogP contribution in [0.4, 0.5) is 5.69 Å². The van der Waals surface area contributed by atoms with Gasteiger partial charge in [0.1, 0.15) is 6.07 Å². The summed E-state index contributed by atoms with van der Waals surface area (Å²) < 4.78 is 26.3. The van der Waals surface area contributed by atoms with Crippen LogP contribution in [0, 0.1) is 21.4 Å². The lowest BCUT2D eigenvalue weighted by Crippen LogP contribution is -2.19. The van der Waals surface area contributed by atoms with Crippen molar-refractivity contribution in [3.8, 4) is 22.9 Å². The van der Waals surface area contributed by atoms with Gasteiger partial charge in [-0.2, -0.15) is 18.8 Å². The van der Waals surface area contributed by atoms with Gasteiger partial charge in [-0.25, -0.2) is 0 Å². The van der Waals surface area contributed by atoms with Crippen molar-refractivity contribution in [3.63, 3.8) is 0 Å². The number of nitro groups is 1. The molecule has 0 aliphatic heterocycles. The molecule has 0 saturated heterocycles. The van der Waals surface area contributed by atoms with Gasteiger partial charge < -0.3 is 4.18 Å². The van der Waals surface area contributed by atoms with Gasteiger partial charge >= 0.3 is 10.3 Å². The number of hydrogen-bond acceptors (Lipinski definition) is 6. The molecule has 0 amide bonds. The number of hydrogen-bond donors (Lipinski definition) is 1. The number of nitriles is 1. The van der Waals surface area contributed by atoms with E-state index in [4.69, 9.17) is 22.0 Å². The Bertz CT molecular complexity index is 937. The van der Waals surface area contributed by atoms with E-state index in [2.05, 4.69) is 4.18 Å². The number of halogens is 1. The summed E-state index contributed by atoms with van der Waals surface area (Å²) in [4.78, 5) is 10.1. The molecule has 0 fully saturated rings. The molecule has 10 heteroatoms. The van der Waals surface area contributed by atoms with Gasteiger partial charge in [0.05, 0.1) is 15.5 Å². The number of rotatable bonds is 4. The first kappa shape index (κ1) is 16.7. The Morgan fingerprint density at radius 1 is 1.26 bits per heavy atom. The molecule has 0 spiro atoms. The molecule has 23 heavy (non-hydrogen) atoms. The van der Waals surface area contributed by atoms with E-state index >= 15 is 0 Å². The van der Waals surface area contributed by atoms with Crippen molar-refractivity contribution in [1.82, 2.24) is 0 Å². The standard InChI is InChI=1S/C13H8ClN3O5S/c14-12-6-8(1-4-13(12)22-23(16,20)21)11-3-2-10(17(18)19)5-9(11)7-15/h1-6H,(H2,16,20,21). The molecular formula is C13H8ClN3O5S. The smallest absolute Gasteiger partial charge is 0.369 e. The van der Waals surface area contributed by atoms with Crippen LogP contribution in [0.1, 0.15) is 5.56 Å². The van der Waals surface area contributed by atoms with Crippen molar-refractivity contribution >= 4 is 27.6 Å². The minimum absolute atomic E-state index is 0.0428. The highest BCUT2D eigenvalue weighted by atomic mass is 35.5. The molecule has 8 nitrogen and oxygen atoms in total. The fourth-order valence-corrected chi connectivity index (χ4v) is 2.51. The number of nitrogens with two attached hydrogens (primary N) is 1. The minimum atomic E-state index is -4.22. The van der Waals surface area contributed by atoms with Crippen LogP contribution in [-0.2, 0) is 10.3 Å². The van der Waals surface area contributed by atoms with Crippen LogP contribution in [0.5, 0.6) is 5.75 Å². The summed E-state index contributed by atoms with van der Waals surface area (Å²) in [6, 6.07) is 9.74. The molecule has 2 aromatic carbocycles. The third-order valence-corrected chi connectivity index (χ3v) is 3.49. The average Bonchev–Trinajstić information content (AvgIpc) is 2.47. The fraction of sp³-hybridized carbons (Fsp3) is 0. The first-order valence-corrected chi connectivity index (χ1v) is 7.77. The predicted molar refractivity (Wildman–Crippen MR) is 82.0 cm³/mol. The highest BCUT2D eigenvalue weighted by Crippen LogP contribution is 2.33. The molecule has 0 atom stereocenters. The van der Waals surface area contributed by atoms with E-state index in [0.717, 1.165) is 6.07 Å². The molecular weight excluding hydrogens is 346 g/mol. The Hall–Kier alpha value is -2.67. The Kier molecular flexibility index (Phi) is 4.51. The first-order valence-electron chi connectivity index (χ1n) is 5.92. The SMILES string of the molecule is N#Cc1cc([N+](=O)[O-])ccc1-c1ccc(OS(N)(=O)=O)c(Cl)c1. The normalized spacial score (nSPS) is 10.8. The summed E-state index contributed by atoms with van der Waals surface area (Å²) in [5, 5.41) is 24.6. The van der Waals surface area contributed by atoms with Crippen molar-refractivity contribution in [2.75, 3.05) is 0 Å². The second-order valence-electron chi connectivity index (χ2n) is 4.32. The summed E-state index contributed by atoms with van der Waals surface area (Å²) in [6.45, 7) is 0. The lowest BCUT2D eigenvalue weighted by molar-refractivity contribution is -0.384. The van der Waals surface area contributed by atoms with Crippen LogP contribution in [0.2, 0.25) is 5.02 Å². The predicted octanol–water partition coefficient (Wildman–Crippen LogP) is 2.37. The first-order chi connectivity index (χ1) is 10.7. The third kappa shape index (κ3) is 3.95. The van der Waals surface area contributed by atoms with Crippen molar-refractivity contribution < 1.29 is 17.5 Å². The molecule has 0 saturated carbocycles. The molecule has 0 heterocycles. The van der Waals surface area contributed by atoms with E-state index in [-0.39, 0.29) is 22.0 Å².